The normalized spacial score (nSPS) is 32.3. The molecule has 1 atom stereocenters. The van der Waals surface area contributed by atoms with Gasteiger partial charge in [-0.15, -0.1) is 0 Å². The van der Waals surface area contributed by atoms with Crippen molar-refractivity contribution < 1.29 is 14.6 Å². The first kappa shape index (κ1) is 6.55. The van der Waals surface area contributed by atoms with E-state index in [4.69, 9.17) is 0 Å². The van der Waals surface area contributed by atoms with Gasteiger partial charge in [0.05, 0.1) is 6.61 Å². The molecular weight excluding hydrogens is 120 g/mol. The first-order valence-corrected chi connectivity index (χ1v) is 2.86. The quantitative estimate of drug-likeness (QED) is 0.443. The number of cyclic esters (lactones) is 1. The van der Waals surface area contributed by atoms with E-state index >= 15 is 0 Å². The van der Waals surface area contributed by atoms with Crippen LogP contribution >= 0.6 is 0 Å². The second kappa shape index (κ2) is 1.70. The van der Waals surface area contributed by atoms with Gasteiger partial charge in [0.1, 0.15) is 0 Å². The lowest BCUT2D eigenvalue weighted by atomic mass is 9.90. The zero-order valence-corrected chi connectivity index (χ0v) is 5.51. The zero-order chi connectivity index (χ0) is 7.07. The van der Waals surface area contributed by atoms with E-state index in [0.29, 0.717) is 0 Å². The number of carbonyl (C=O) groups is 1. The molecule has 0 N–H and O–H groups in total. The van der Waals surface area contributed by atoms with E-state index in [1.54, 1.807) is 13.8 Å². The van der Waals surface area contributed by atoms with Crippen molar-refractivity contribution in [2.45, 2.75) is 20.0 Å². The monoisotopic (exact) mass is 129 g/mol. The highest BCUT2D eigenvalue weighted by atomic mass is 16.6. The number of carbonyl (C=O) groups excluding carboxylic acids is 1. The molecule has 1 saturated heterocycles. The van der Waals surface area contributed by atoms with Gasteiger partial charge >= 0.3 is 5.97 Å². The SMILES string of the molecule is CC1(C)COC(=O)[C@@H]1[O]. The van der Waals surface area contributed by atoms with E-state index in [0.717, 1.165) is 0 Å². The minimum atomic E-state index is -1.18. The molecule has 0 aromatic carbocycles. The van der Waals surface area contributed by atoms with Gasteiger partial charge in [-0.3, -0.25) is 0 Å². The molecule has 1 rings (SSSR count). The molecular formula is C6H9O3. The lowest BCUT2D eigenvalue weighted by Gasteiger charge is -2.13. The van der Waals surface area contributed by atoms with E-state index in [1.807, 2.05) is 0 Å². The van der Waals surface area contributed by atoms with Gasteiger partial charge in [-0.05, 0) is 0 Å². The molecule has 0 aliphatic carbocycles. The van der Waals surface area contributed by atoms with Crippen molar-refractivity contribution in [2.24, 2.45) is 5.41 Å². The average Bonchev–Trinajstić information content (AvgIpc) is 1.97. The largest absolute Gasteiger partial charge is 0.463 e. The second-order valence-corrected chi connectivity index (χ2v) is 2.98. The fourth-order valence-electron chi connectivity index (χ4n) is 0.728. The highest BCUT2D eigenvalue weighted by Crippen LogP contribution is 2.28. The lowest BCUT2D eigenvalue weighted by Crippen LogP contribution is -2.27. The standard InChI is InChI=1S/C6H9O3/c1-6(2)3-9-5(8)4(6)7/h4H,3H2,1-2H3/t4-/m0/s1. The van der Waals surface area contributed by atoms with Crippen LogP contribution in [0.5, 0.6) is 0 Å². The fraction of sp³-hybridized carbons (Fsp3) is 0.833. The predicted octanol–water partition coefficient (Wildman–Crippen LogP) is 0.369. The van der Waals surface area contributed by atoms with E-state index in [1.165, 1.54) is 0 Å². The van der Waals surface area contributed by atoms with Gasteiger partial charge in [0.15, 0.2) is 6.10 Å². The summed E-state index contributed by atoms with van der Waals surface area (Å²) in [5, 5.41) is 10.8. The van der Waals surface area contributed by atoms with Crippen molar-refractivity contribution in [2.75, 3.05) is 6.61 Å². The van der Waals surface area contributed by atoms with Gasteiger partial charge in [0.25, 0.3) is 0 Å². The van der Waals surface area contributed by atoms with Crippen LogP contribution in [0.3, 0.4) is 0 Å². The first-order valence-electron chi connectivity index (χ1n) is 2.86. The molecule has 3 heteroatoms. The Morgan fingerprint density at radius 1 is 1.67 bits per heavy atom. The molecule has 1 radical (unpaired) electrons. The molecule has 1 fully saturated rings. The molecule has 1 heterocycles. The Morgan fingerprint density at radius 2 is 2.22 bits per heavy atom. The van der Waals surface area contributed by atoms with Gasteiger partial charge in [-0.25, -0.2) is 9.90 Å². The molecule has 9 heavy (non-hydrogen) atoms. The molecule has 0 saturated carbocycles. The smallest absolute Gasteiger partial charge is 0.339 e. The summed E-state index contributed by atoms with van der Waals surface area (Å²) in [7, 11) is 0. The van der Waals surface area contributed by atoms with Crippen molar-refractivity contribution >= 4 is 5.97 Å². The van der Waals surface area contributed by atoms with Gasteiger partial charge < -0.3 is 4.74 Å². The summed E-state index contributed by atoms with van der Waals surface area (Å²) in [5.41, 5.74) is -0.503. The molecule has 0 amide bonds. The summed E-state index contributed by atoms with van der Waals surface area (Å²) in [6.07, 6.45) is -1.18. The molecule has 0 unspecified atom stereocenters. The zero-order valence-electron chi connectivity index (χ0n) is 5.51. The Kier molecular flexibility index (Phi) is 1.24. The Bertz CT molecular complexity index is 139. The second-order valence-electron chi connectivity index (χ2n) is 2.98. The molecule has 0 aromatic heterocycles. The number of rotatable bonds is 0. The minimum Gasteiger partial charge on any atom is -0.463 e. The van der Waals surface area contributed by atoms with Gasteiger partial charge in [-0.1, -0.05) is 13.8 Å². The number of ether oxygens (including phenoxy) is 1. The summed E-state index contributed by atoms with van der Waals surface area (Å²) in [6.45, 7) is 3.73. The molecule has 3 nitrogen and oxygen atoms in total. The van der Waals surface area contributed by atoms with Gasteiger partial charge in [0.2, 0.25) is 0 Å². The first-order chi connectivity index (χ1) is 4.04. The van der Waals surface area contributed by atoms with Gasteiger partial charge in [-0.2, -0.15) is 0 Å². The van der Waals surface area contributed by atoms with Crippen molar-refractivity contribution in [1.29, 1.82) is 0 Å². The van der Waals surface area contributed by atoms with Crippen LogP contribution in [0.1, 0.15) is 13.8 Å². The molecule has 0 spiro atoms. The minimum absolute atomic E-state index is 0.264. The topological polar surface area (TPSA) is 46.2 Å². The Labute approximate surface area is 53.6 Å². The van der Waals surface area contributed by atoms with E-state index < -0.39 is 17.5 Å². The van der Waals surface area contributed by atoms with Crippen molar-refractivity contribution in [3.63, 3.8) is 0 Å². The molecule has 0 bridgehead atoms. The van der Waals surface area contributed by atoms with E-state index in [9.17, 15) is 9.90 Å². The fourth-order valence-corrected chi connectivity index (χ4v) is 0.728. The maximum absolute atomic E-state index is 10.8. The van der Waals surface area contributed by atoms with Crippen molar-refractivity contribution in [3.8, 4) is 0 Å². The maximum Gasteiger partial charge on any atom is 0.339 e. The number of hydrogen-bond donors (Lipinski definition) is 0. The predicted molar refractivity (Wildman–Crippen MR) is 29.2 cm³/mol. The Morgan fingerprint density at radius 3 is 2.33 bits per heavy atom. The van der Waals surface area contributed by atoms with Crippen LogP contribution < -0.4 is 0 Å². The van der Waals surface area contributed by atoms with Crippen LogP contribution in [-0.4, -0.2) is 18.7 Å². The van der Waals surface area contributed by atoms with E-state index in [-0.39, 0.29) is 6.61 Å². The van der Waals surface area contributed by atoms with Crippen LogP contribution in [0, 0.1) is 5.41 Å². The van der Waals surface area contributed by atoms with E-state index in [2.05, 4.69) is 4.74 Å². The van der Waals surface area contributed by atoms with Crippen molar-refractivity contribution in [3.05, 3.63) is 0 Å². The third-order valence-electron chi connectivity index (χ3n) is 1.51. The highest BCUT2D eigenvalue weighted by molar-refractivity contribution is 5.77. The summed E-state index contributed by atoms with van der Waals surface area (Å²) in [5.74, 6) is -0.611. The van der Waals surface area contributed by atoms with Crippen LogP contribution in [0.15, 0.2) is 0 Å². The third-order valence-corrected chi connectivity index (χ3v) is 1.51. The number of esters is 1. The summed E-state index contributed by atoms with van der Waals surface area (Å²) in [4.78, 5) is 10.5. The molecule has 51 valence electrons. The average molecular weight is 129 g/mol. The summed E-state index contributed by atoms with van der Waals surface area (Å²) < 4.78 is 4.53. The van der Waals surface area contributed by atoms with Gasteiger partial charge in [0, 0.05) is 5.41 Å². The van der Waals surface area contributed by atoms with Crippen LogP contribution in [0.25, 0.3) is 0 Å². The Hall–Kier alpha value is -0.570. The Balaban J connectivity index is 2.73. The lowest BCUT2D eigenvalue weighted by molar-refractivity contribution is -0.148. The van der Waals surface area contributed by atoms with Crippen LogP contribution in [0.2, 0.25) is 0 Å². The van der Waals surface area contributed by atoms with Crippen LogP contribution in [-0.2, 0) is 14.6 Å². The maximum atomic E-state index is 10.8. The summed E-state index contributed by atoms with van der Waals surface area (Å²) >= 11 is 0. The number of hydrogen-bond acceptors (Lipinski definition) is 2. The molecule has 1 aliphatic rings. The molecule has 1 aliphatic heterocycles. The molecule has 0 aromatic rings. The van der Waals surface area contributed by atoms with Crippen LogP contribution in [0.4, 0.5) is 0 Å². The third kappa shape index (κ3) is 0.920. The van der Waals surface area contributed by atoms with Crippen molar-refractivity contribution in [1.82, 2.24) is 0 Å². The highest BCUT2D eigenvalue weighted by Gasteiger charge is 2.43. The summed E-state index contributed by atoms with van der Waals surface area (Å²) in [6, 6.07) is 0.